The normalized spacial score (nSPS) is 11.6. The molecule has 0 fully saturated rings. The van der Waals surface area contributed by atoms with Gasteiger partial charge in [-0.2, -0.15) is 4.08 Å². The van der Waals surface area contributed by atoms with E-state index in [-0.39, 0.29) is 0 Å². The van der Waals surface area contributed by atoms with Gasteiger partial charge in [0, 0.05) is 10.8 Å². The van der Waals surface area contributed by atoms with Crippen LogP contribution in [0.15, 0.2) is 81.2 Å². The Bertz CT molecular complexity index is 1200. The maximum absolute atomic E-state index is 5.93. The van der Waals surface area contributed by atoms with Crippen molar-refractivity contribution in [1.82, 2.24) is 0 Å². The smallest absolute Gasteiger partial charge is 0.398 e. The second-order valence-electron chi connectivity index (χ2n) is 5.79. The molecule has 0 saturated carbocycles. The molecule has 0 bridgehead atoms. The van der Waals surface area contributed by atoms with Crippen LogP contribution >= 0.6 is 20.1 Å². The molecule has 5 aromatic rings. The van der Waals surface area contributed by atoms with E-state index in [0.29, 0.717) is 11.2 Å². The van der Waals surface area contributed by atoms with E-state index in [1.165, 1.54) is 0 Å². The number of hydrogen-bond donors (Lipinski definition) is 0. The van der Waals surface area contributed by atoms with E-state index in [0.717, 1.165) is 32.3 Å². The average Bonchev–Trinajstić information content (AvgIpc) is 2.84. The molecule has 5 rings (SSSR count). The molecule has 0 aliphatic rings. The minimum absolute atomic E-state index is 0.709. The van der Waals surface area contributed by atoms with Crippen molar-refractivity contribution in [2.75, 3.05) is 0 Å². The fourth-order valence-electron chi connectivity index (χ4n) is 3.38. The highest BCUT2D eigenvalue weighted by Gasteiger charge is 2.12. The van der Waals surface area contributed by atoms with Gasteiger partial charge >= 0.3 is 8.24 Å². The zero-order valence-electron chi connectivity index (χ0n) is 13.0. The van der Waals surface area contributed by atoms with Crippen LogP contribution in [0.1, 0.15) is 0 Å². The lowest BCUT2D eigenvalue weighted by Crippen LogP contribution is -1.79. The minimum Gasteiger partial charge on any atom is -0.398 e. The van der Waals surface area contributed by atoms with Gasteiger partial charge in [-0.3, -0.25) is 0 Å². The van der Waals surface area contributed by atoms with Crippen LogP contribution in [-0.4, -0.2) is 0 Å². The van der Waals surface area contributed by atoms with Crippen molar-refractivity contribution in [1.29, 1.82) is 0 Å². The Morgan fingerprint density at radius 1 is 0.640 bits per heavy atom. The number of hydrogen-bond acceptors (Lipinski definition) is 3. The molecule has 0 unspecified atom stereocenters. The van der Waals surface area contributed by atoms with E-state index in [9.17, 15) is 0 Å². The van der Waals surface area contributed by atoms with Crippen LogP contribution in [0.2, 0.25) is 0 Å². The summed E-state index contributed by atoms with van der Waals surface area (Å²) >= 11 is 5.60. The summed E-state index contributed by atoms with van der Waals surface area (Å²) in [5, 5.41) is 6.50. The van der Waals surface area contributed by atoms with Crippen LogP contribution in [0.25, 0.3) is 43.5 Å². The molecule has 0 spiro atoms. The van der Waals surface area contributed by atoms with Crippen molar-refractivity contribution in [2.45, 2.75) is 0 Å². The minimum atomic E-state index is -1.71. The molecule has 0 aliphatic heterocycles. The van der Waals surface area contributed by atoms with Crippen molar-refractivity contribution < 1.29 is 12.5 Å². The summed E-state index contributed by atoms with van der Waals surface area (Å²) < 4.78 is 16.8. The average molecular weight is 367 g/mol. The molecule has 0 saturated heterocycles. The lowest BCUT2D eigenvalue weighted by Gasteiger charge is -2.05. The number of fused-ring (bicyclic) bond motifs is 7. The second-order valence-corrected chi connectivity index (χ2v) is 7.16. The zero-order valence-corrected chi connectivity index (χ0v) is 14.6. The van der Waals surface area contributed by atoms with Gasteiger partial charge in [-0.1, -0.05) is 60.7 Å². The van der Waals surface area contributed by atoms with Gasteiger partial charge in [-0.15, -0.1) is 0 Å². The van der Waals surface area contributed by atoms with E-state index in [1.54, 1.807) is 0 Å². The molecule has 5 heteroatoms. The lowest BCUT2D eigenvalue weighted by atomic mass is 9.99. The van der Waals surface area contributed by atoms with Crippen LogP contribution in [-0.2, 0) is 0 Å². The maximum Gasteiger partial charge on any atom is 0.405 e. The highest BCUT2D eigenvalue weighted by molar-refractivity contribution is 7.33. The van der Waals surface area contributed by atoms with Crippen LogP contribution in [0.5, 0.6) is 0 Å². The highest BCUT2D eigenvalue weighted by Crippen LogP contribution is 2.40. The third kappa shape index (κ3) is 2.32. The van der Waals surface area contributed by atoms with Crippen molar-refractivity contribution in [2.24, 2.45) is 0 Å². The molecule has 4 aromatic carbocycles. The Balaban J connectivity index is 2.20. The predicted molar refractivity (Wildman–Crippen MR) is 104 cm³/mol. The van der Waals surface area contributed by atoms with Gasteiger partial charge in [0.25, 0.3) is 0 Å². The van der Waals surface area contributed by atoms with E-state index in [2.05, 4.69) is 24.3 Å². The first-order valence-electron chi connectivity index (χ1n) is 7.84. The first kappa shape index (κ1) is 14.9. The van der Waals surface area contributed by atoms with Crippen molar-refractivity contribution in [3.63, 3.8) is 0 Å². The van der Waals surface area contributed by atoms with Gasteiger partial charge in [0.1, 0.15) is 11.2 Å². The third-order valence-corrected chi connectivity index (χ3v) is 5.58. The first-order chi connectivity index (χ1) is 12.3. The molecular formula is C20H12ClO3P. The molecule has 0 N–H and O–H groups in total. The quantitative estimate of drug-likeness (QED) is 0.315. The van der Waals surface area contributed by atoms with Crippen LogP contribution in [0, 0.1) is 0 Å². The molecule has 25 heavy (non-hydrogen) atoms. The van der Waals surface area contributed by atoms with E-state index < -0.39 is 8.24 Å². The predicted octanol–water partition coefficient (Wildman–Crippen LogP) is 7.18. The van der Waals surface area contributed by atoms with Gasteiger partial charge in [0.2, 0.25) is 0 Å². The summed E-state index contributed by atoms with van der Waals surface area (Å²) in [7, 11) is -1.71. The van der Waals surface area contributed by atoms with Crippen molar-refractivity contribution in [3.8, 4) is 0 Å². The summed E-state index contributed by atoms with van der Waals surface area (Å²) in [4.78, 5) is 0. The zero-order chi connectivity index (χ0) is 16.8. The number of benzene rings is 4. The van der Waals surface area contributed by atoms with E-state index in [1.807, 2.05) is 48.5 Å². The third-order valence-electron chi connectivity index (χ3n) is 4.43. The Hall–Kier alpha value is -2.45. The summed E-state index contributed by atoms with van der Waals surface area (Å²) in [5.41, 5.74) is 1.42. The molecule has 0 amide bonds. The maximum atomic E-state index is 5.93. The molecular weight excluding hydrogens is 355 g/mol. The van der Waals surface area contributed by atoms with E-state index >= 15 is 0 Å². The van der Waals surface area contributed by atoms with Gasteiger partial charge in [-0.25, -0.2) is 0 Å². The molecule has 1 heterocycles. The molecule has 3 nitrogen and oxygen atoms in total. The monoisotopic (exact) mass is 366 g/mol. The highest BCUT2D eigenvalue weighted by atomic mass is 35.5. The fourth-order valence-corrected chi connectivity index (χ4v) is 4.27. The summed E-state index contributed by atoms with van der Waals surface area (Å²) in [6, 6.07) is 24.4. The van der Waals surface area contributed by atoms with E-state index in [4.69, 9.17) is 24.3 Å². The summed E-state index contributed by atoms with van der Waals surface area (Å²) in [6.45, 7) is 0. The SMILES string of the molecule is ClOp1oc2ccc3ccccc3c2c2c(ccc3ccccc32)o1. The standard InChI is InChI=1S/C20H12ClO3P/c21-24-25-22-17-11-9-13-5-1-3-7-15(13)19(17)20-16-8-4-2-6-14(16)10-12-18(20)23-25/h1-12H. The molecule has 122 valence electrons. The van der Waals surface area contributed by atoms with Crippen LogP contribution < -0.4 is 4.08 Å². The van der Waals surface area contributed by atoms with Gasteiger partial charge in [0.15, 0.2) is 0 Å². The Morgan fingerprint density at radius 2 is 1.12 bits per heavy atom. The fraction of sp³-hybridized carbons (Fsp3) is 0. The summed E-state index contributed by atoms with van der Waals surface area (Å²) in [6.07, 6.45) is 0. The lowest BCUT2D eigenvalue weighted by molar-refractivity contribution is 0.557. The van der Waals surface area contributed by atoms with Gasteiger partial charge < -0.3 is 8.39 Å². The molecule has 1 aromatic heterocycles. The van der Waals surface area contributed by atoms with Crippen LogP contribution in [0.4, 0.5) is 0 Å². The second kappa shape index (κ2) is 5.82. The largest absolute Gasteiger partial charge is 0.405 e. The van der Waals surface area contributed by atoms with Gasteiger partial charge in [-0.05, 0) is 33.7 Å². The van der Waals surface area contributed by atoms with Crippen molar-refractivity contribution >= 4 is 63.6 Å². The first-order valence-corrected chi connectivity index (χ1v) is 9.24. The molecule has 0 radical (unpaired) electrons. The Labute approximate surface area is 149 Å². The molecule has 0 aliphatic carbocycles. The number of rotatable bonds is 1. The number of halogens is 1. The Morgan fingerprint density at radius 3 is 1.60 bits per heavy atom. The molecule has 0 atom stereocenters. The topological polar surface area (TPSA) is 35.5 Å². The van der Waals surface area contributed by atoms with Crippen molar-refractivity contribution in [3.05, 3.63) is 72.8 Å². The van der Waals surface area contributed by atoms with Gasteiger partial charge in [0.05, 0.1) is 11.9 Å². The van der Waals surface area contributed by atoms with Crippen LogP contribution in [0.3, 0.4) is 0 Å². The summed E-state index contributed by atoms with van der Waals surface area (Å²) in [5.74, 6) is 0. The Kier molecular flexibility index (Phi) is 3.46.